The molecule has 6 heteroatoms. The monoisotopic (exact) mass is 420 g/mol. The highest BCUT2D eigenvalue weighted by molar-refractivity contribution is 6.42. The van der Waals surface area contributed by atoms with Crippen LogP contribution in [0.1, 0.15) is 38.3 Å². The van der Waals surface area contributed by atoms with Crippen molar-refractivity contribution in [3.8, 4) is 0 Å². The quantitative estimate of drug-likeness (QED) is 0.661. The highest BCUT2D eigenvalue weighted by Crippen LogP contribution is 2.24. The van der Waals surface area contributed by atoms with Crippen molar-refractivity contribution < 1.29 is 9.59 Å². The van der Waals surface area contributed by atoms with Gasteiger partial charge in [0.25, 0.3) is 0 Å². The average Bonchev–Trinajstić information content (AvgIpc) is 2.68. The second-order valence-corrected chi connectivity index (χ2v) is 7.74. The Morgan fingerprint density at radius 3 is 2.29 bits per heavy atom. The normalized spacial score (nSPS) is 12.9. The Bertz CT molecular complexity index is 811. The Hall–Kier alpha value is -2.04. The maximum absolute atomic E-state index is 13.1. The molecule has 0 aliphatic carbocycles. The summed E-state index contributed by atoms with van der Waals surface area (Å²) in [6.45, 7) is 5.97. The number of benzene rings is 2. The Morgan fingerprint density at radius 1 is 1.00 bits per heavy atom. The third kappa shape index (κ3) is 6.25. The number of nitrogens with zero attached hydrogens (tertiary/aromatic N) is 1. The number of hydrogen-bond acceptors (Lipinski definition) is 2. The van der Waals surface area contributed by atoms with Gasteiger partial charge in [0.2, 0.25) is 11.8 Å². The number of amides is 2. The van der Waals surface area contributed by atoms with Gasteiger partial charge < -0.3 is 10.2 Å². The molecule has 2 amide bonds. The topological polar surface area (TPSA) is 49.4 Å². The van der Waals surface area contributed by atoms with Gasteiger partial charge in [0.1, 0.15) is 6.04 Å². The molecule has 0 saturated heterocycles. The highest BCUT2D eigenvalue weighted by Gasteiger charge is 2.27. The first-order chi connectivity index (χ1) is 13.3. The van der Waals surface area contributed by atoms with E-state index in [1.54, 1.807) is 24.0 Å². The predicted molar refractivity (Wildman–Crippen MR) is 115 cm³/mol. The fourth-order valence-electron chi connectivity index (χ4n) is 2.75. The van der Waals surface area contributed by atoms with Crippen molar-refractivity contribution in [2.45, 2.75) is 52.2 Å². The number of halogens is 2. The van der Waals surface area contributed by atoms with E-state index in [2.05, 4.69) is 5.32 Å². The van der Waals surface area contributed by atoms with E-state index in [0.29, 0.717) is 10.0 Å². The van der Waals surface area contributed by atoms with Crippen LogP contribution in [-0.4, -0.2) is 28.8 Å². The molecule has 150 valence electrons. The van der Waals surface area contributed by atoms with Crippen LogP contribution >= 0.6 is 23.2 Å². The molecule has 1 N–H and O–H groups in total. The SMILES string of the molecule is CC[C@@H](C)NC(=O)[C@@H](C)N(Cc1ccc(Cl)c(Cl)c1)C(=O)Cc1ccccc1. The van der Waals surface area contributed by atoms with Gasteiger partial charge in [-0.2, -0.15) is 0 Å². The molecular weight excluding hydrogens is 395 g/mol. The molecule has 2 aromatic carbocycles. The molecule has 2 atom stereocenters. The van der Waals surface area contributed by atoms with Gasteiger partial charge in [-0.15, -0.1) is 0 Å². The molecule has 0 aromatic heterocycles. The molecule has 0 radical (unpaired) electrons. The molecule has 0 aliphatic rings. The summed E-state index contributed by atoms with van der Waals surface area (Å²) in [4.78, 5) is 27.3. The van der Waals surface area contributed by atoms with Gasteiger partial charge in [-0.1, -0.05) is 66.5 Å². The summed E-state index contributed by atoms with van der Waals surface area (Å²) in [5, 5.41) is 3.83. The largest absolute Gasteiger partial charge is 0.352 e. The van der Waals surface area contributed by atoms with Crippen molar-refractivity contribution in [3.05, 3.63) is 69.7 Å². The second-order valence-electron chi connectivity index (χ2n) is 6.93. The minimum absolute atomic E-state index is 0.0472. The Morgan fingerprint density at radius 2 is 1.68 bits per heavy atom. The van der Waals surface area contributed by atoms with Gasteiger partial charge in [0, 0.05) is 12.6 Å². The minimum atomic E-state index is -0.611. The molecule has 2 aromatic rings. The molecule has 4 nitrogen and oxygen atoms in total. The maximum atomic E-state index is 13.1. The summed E-state index contributed by atoms with van der Waals surface area (Å²) in [5.41, 5.74) is 1.72. The molecule has 0 unspecified atom stereocenters. The van der Waals surface area contributed by atoms with Gasteiger partial charge in [-0.25, -0.2) is 0 Å². The molecule has 2 rings (SSSR count). The van der Waals surface area contributed by atoms with E-state index in [9.17, 15) is 9.59 Å². The number of carbonyl (C=O) groups excluding carboxylic acids is 2. The first-order valence-electron chi connectivity index (χ1n) is 9.39. The lowest BCUT2D eigenvalue weighted by Crippen LogP contribution is -2.49. The summed E-state index contributed by atoms with van der Waals surface area (Å²) >= 11 is 12.1. The number of rotatable bonds is 8. The van der Waals surface area contributed by atoms with Crippen LogP contribution in [0.4, 0.5) is 0 Å². The van der Waals surface area contributed by atoms with Crippen molar-refractivity contribution in [3.63, 3.8) is 0 Å². The zero-order chi connectivity index (χ0) is 20.7. The van der Waals surface area contributed by atoms with E-state index in [-0.39, 0.29) is 30.8 Å². The van der Waals surface area contributed by atoms with E-state index in [0.717, 1.165) is 17.5 Å². The number of carbonyl (C=O) groups is 2. The lowest BCUT2D eigenvalue weighted by Gasteiger charge is -2.30. The van der Waals surface area contributed by atoms with Gasteiger partial charge in [0.05, 0.1) is 16.5 Å². The molecular formula is C22H26Cl2N2O2. The standard InChI is InChI=1S/C22H26Cl2N2O2/c1-4-15(2)25-22(28)16(3)26(14-18-10-11-19(23)20(24)12-18)21(27)13-17-8-6-5-7-9-17/h5-12,15-16H,4,13-14H2,1-3H3,(H,25,28)/t15-,16-/m1/s1. The van der Waals surface area contributed by atoms with Crippen molar-refractivity contribution >= 4 is 35.0 Å². The zero-order valence-corrected chi connectivity index (χ0v) is 17.9. The molecule has 0 aliphatic heterocycles. The fourth-order valence-corrected chi connectivity index (χ4v) is 3.08. The van der Waals surface area contributed by atoms with Crippen molar-refractivity contribution in [1.29, 1.82) is 0 Å². The summed E-state index contributed by atoms with van der Waals surface area (Å²) < 4.78 is 0. The van der Waals surface area contributed by atoms with Crippen LogP contribution in [0.25, 0.3) is 0 Å². The third-order valence-electron chi connectivity index (χ3n) is 4.70. The Kier molecular flexibility index (Phi) is 8.34. The van der Waals surface area contributed by atoms with E-state index in [4.69, 9.17) is 23.2 Å². The van der Waals surface area contributed by atoms with E-state index < -0.39 is 6.04 Å². The maximum Gasteiger partial charge on any atom is 0.242 e. The van der Waals surface area contributed by atoms with E-state index >= 15 is 0 Å². The fraction of sp³-hybridized carbons (Fsp3) is 0.364. The van der Waals surface area contributed by atoms with Crippen molar-refractivity contribution in [2.24, 2.45) is 0 Å². The summed E-state index contributed by atoms with van der Waals surface area (Å²) in [5.74, 6) is -0.292. The molecule has 0 saturated carbocycles. The lowest BCUT2D eigenvalue weighted by atomic mass is 10.1. The van der Waals surface area contributed by atoms with Gasteiger partial charge in [-0.05, 0) is 43.5 Å². The first-order valence-corrected chi connectivity index (χ1v) is 10.1. The van der Waals surface area contributed by atoms with Gasteiger partial charge in [-0.3, -0.25) is 9.59 Å². The number of nitrogens with one attached hydrogen (secondary N) is 1. The number of hydrogen-bond donors (Lipinski definition) is 1. The van der Waals surface area contributed by atoms with Crippen molar-refractivity contribution in [2.75, 3.05) is 0 Å². The van der Waals surface area contributed by atoms with Crippen LogP contribution in [0, 0.1) is 0 Å². The predicted octanol–water partition coefficient (Wildman–Crippen LogP) is 4.87. The second kappa shape index (κ2) is 10.5. The van der Waals surface area contributed by atoms with Crippen LogP contribution in [0.3, 0.4) is 0 Å². The van der Waals surface area contributed by atoms with Crippen LogP contribution in [0.5, 0.6) is 0 Å². The zero-order valence-electron chi connectivity index (χ0n) is 16.4. The Balaban J connectivity index is 2.24. The van der Waals surface area contributed by atoms with E-state index in [1.165, 1.54) is 0 Å². The molecule has 0 bridgehead atoms. The minimum Gasteiger partial charge on any atom is -0.352 e. The summed E-state index contributed by atoms with van der Waals surface area (Å²) in [6, 6.07) is 14.2. The van der Waals surface area contributed by atoms with Crippen LogP contribution in [0.2, 0.25) is 10.0 Å². The Labute approximate surface area is 176 Å². The van der Waals surface area contributed by atoms with Crippen LogP contribution < -0.4 is 5.32 Å². The smallest absolute Gasteiger partial charge is 0.242 e. The molecule has 0 fully saturated rings. The summed E-state index contributed by atoms with van der Waals surface area (Å²) in [7, 11) is 0. The van der Waals surface area contributed by atoms with Gasteiger partial charge in [0.15, 0.2) is 0 Å². The average molecular weight is 421 g/mol. The highest BCUT2D eigenvalue weighted by atomic mass is 35.5. The molecule has 28 heavy (non-hydrogen) atoms. The summed E-state index contributed by atoms with van der Waals surface area (Å²) in [6.07, 6.45) is 1.05. The van der Waals surface area contributed by atoms with E-state index in [1.807, 2.05) is 50.2 Å². The lowest BCUT2D eigenvalue weighted by molar-refractivity contribution is -0.140. The molecule has 0 spiro atoms. The molecule has 0 heterocycles. The van der Waals surface area contributed by atoms with Crippen molar-refractivity contribution in [1.82, 2.24) is 10.2 Å². The van der Waals surface area contributed by atoms with Crippen LogP contribution in [-0.2, 0) is 22.6 Å². The first kappa shape index (κ1) is 22.3. The van der Waals surface area contributed by atoms with Gasteiger partial charge >= 0.3 is 0 Å². The van der Waals surface area contributed by atoms with Crippen LogP contribution in [0.15, 0.2) is 48.5 Å². The third-order valence-corrected chi connectivity index (χ3v) is 5.44.